The van der Waals surface area contributed by atoms with Crippen LogP contribution < -0.4 is 9.48 Å². The Morgan fingerprint density at radius 2 is 1.27 bits per heavy atom. The Bertz CT molecular complexity index is 2190. The number of nitrogens with zero attached hydrogens (tertiary/aromatic N) is 2. The predicted molar refractivity (Wildman–Crippen MR) is 207 cm³/mol. The highest BCUT2D eigenvalue weighted by Crippen LogP contribution is 2.51. The molecule has 0 radical (unpaired) electrons. The van der Waals surface area contributed by atoms with Gasteiger partial charge >= 0.3 is 0 Å². The Kier molecular flexibility index (Phi) is 7.70. The third-order valence-corrected chi connectivity index (χ3v) is 10.8. The van der Waals surface area contributed by atoms with Crippen LogP contribution in [-0.2, 0) is 10.8 Å². The Hall–Kier alpha value is -5.43. The Morgan fingerprint density at radius 1 is 0.653 bits per heavy atom. The lowest BCUT2D eigenvalue weighted by atomic mass is 9.81. The third-order valence-electron chi connectivity index (χ3n) is 10.8. The summed E-state index contributed by atoms with van der Waals surface area (Å²) in [5, 5.41) is 0. The van der Waals surface area contributed by atoms with Crippen molar-refractivity contribution in [3.63, 3.8) is 0 Å². The summed E-state index contributed by atoms with van der Waals surface area (Å²) in [6.07, 6.45) is 9.25. The maximum atomic E-state index is 3.93. The number of hydrogen-bond donors (Lipinski definition) is 0. The first-order valence-electron chi connectivity index (χ1n) is 17.6. The number of para-hydroxylation sites is 4. The molecule has 1 aliphatic carbocycles. The smallest absolute Gasteiger partial charge is 0.215 e. The summed E-state index contributed by atoms with van der Waals surface area (Å²) in [5.41, 5.74) is 17.8. The van der Waals surface area contributed by atoms with Crippen LogP contribution in [-0.4, -0.2) is 5.71 Å². The highest BCUT2D eigenvalue weighted by atomic mass is 15.2. The van der Waals surface area contributed by atoms with Gasteiger partial charge in [0.2, 0.25) is 11.4 Å². The van der Waals surface area contributed by atoms with Crippen molar-refractivity contribution in [2.45, 2.75) is 51.4 Å². The summed E-state index contributed by atoms with van der Waals surface area (Å²) < 4.78 is 2.45. The van der Waals surface area contributed by atoms with Crippen molar-refractivity contribution in [2.75, 3.05) is 4.90 Å². The van der Waals surface area contributed by atoms with E-state index in [1.54, 1.807) is 0 Å². The predicted octanol–water partition coefficient (Wildman–Crippen LogP) is 11.8. The highest BCUT2D eigenvalue weighted by molar-refractivity contribution is 6.10. The van der Waals surface area contributed by atoms with Crippen LogP contribution in [0.2, 0.25) is 0 Å². The average molecular weight is 636 g/mol. The maximum Gasteiger partial charge on any atom is 0.215 e. The zero-order chi connectivity index (χ0) is 33.6. The largest absolute Gasteiger partial charge is 0.306 e. The molecule has 2 heteroatoms. The summed E-state index contributed by atoms with van der Waals surface area (Å²) in [6.45, 7) is 9.37. The van der Waals surface area contributed by atoms with Gasteiger partial charge in [-0.05, 0) is 87.1 Å². The van der Waals surface area contributed by atoms with Crippen molar-refractivity contribution in [3.05, 3.63) is 191 Å². The second-order valence-electron chi connectivity index (χ2n) is 14.5. The van der Waals surface area contributed by atoms with Crippen LogP contribution in [0.5, 0.6) is 0 Å². The summed E-state index contributed by atoms with van der Waals surface area (Å²) in [7, 11) is 0. The molecule has 2 aliphatic heterocycles. The van der Waals surface area contributed by atoms with Crippen LogP contribution in [0.4, 0.5) is 22.7 Å². The van der Waals surface area contributed by atoms with E-state index in [2.05, 4.69) is 201 Å². The molecule has 5 aromatic rings. The van der Waals surface area contributed by atoms with Crippen molar-refractivity contribution < 1.29 is 0 Å². The molecule has 0 spiro atoms. The van der Waals surface area contributed by atoms with Gasteiger partial charge in [-0.15, -0.1) is 5.73 Å². The molecule has 0 saturated heterocycles. The van der Waals surface area contributed by atoms with Gasteiger partial charge in [0.25, 0.3) is 0 Å². The van der Waals surface area contributed by atoms with Gasteiger partial charge in [0, 0.05) is 46.9 Å². The number of benzene rings is 5. The molecule has 2 nitrogen and oxygen atoms in total. The molecule has 3 aliphatic rings. The van der Waals surface area contributed by atoms with Gasteiger partial charge in [-0.3, -0.25) is 0 Å². The zero-order valence-electron chi connectivity index (χ0n) is 28.9. The van der Waals surface area contributed by atoms with Gasteiger partial charge in [0.05, 0.1) is 16.8 Å². The van der Waals surface area contributed by atoms with Crippen molar-refractivity contribution in [3.8, 4) is 0 Å². The Balaban J connectivity index is 1.25. The van der Waals surface area contributed by atoms with Crippen molar-refractivity contribution in [2.24, 2.45) is 5.92 Å². The van der Waals surface area contributed by atoms with E-state index in [9.17, 15) is 0 Å². The molecule has 8 rings (SSSR count). The van der Waals surface area contributed by atoms with E-state index in [-0.39, 0.29) is 16.7 Å². The normalized spacial score (nSPS) is 19.0. The molecule has 240 valence electrons. The van der Waals surface area contributed by atoms with E-state index in [4.69, 9.17) is 0 Å². The van der Waals surface area contributed by atoms with Crippen molar-refractivity contribution in [1.82, 2.24) is 4.58 Å². The number of hydrogen-bond acceptors (Lipinski definition) is 1. The molecule has 1 unspecified atom stereocenters. The fourth-order valence-electron chi connectivity index (χ4n) is 8.24. The number of rotatable bonds is 6. The van der Waals surface area contributed by atoms with E-state index in [0.717, 1.165) is 12.8 Å². The van der Waals surface area contributed by atoms with Crippen LogP contribution in [0.15, 0.2) is 175 Å². The van der Waals surface area contributed by atoms with Crippen LogP contribution >= 0.6 is 0 Å². The first-order valence-corrected chi connectivity index (χ1v) is 17.6. The molecule has 0 amide bonds. The standard InChI is InChI=1S/C47H43N2/c1-46(2)39-24-14-16-26-41(39)48(37-20-10-6-11-21-37)43(46)32-30-35-28-29-36(45(35)34-18-8-5-9-19-34)31-33-44-47(3,4)40-25-15-17-27-42(40)49(44)38-22-12-7-13-23-38/h5-27,30-32,36H,28-29H2,1-4H3/q+1/b32-30+. The fourth-order valence-corrected chi connectivity index (χ4v) is 8.24. The second-order valence-corrected chi connectivity index (χ2v) is 14.5. The van der Waals surface area contributed by atoms with E-state index >= 15 is 0 Å². The fraction of sp³-hybridized carbons (Fsp3) is 0.191. The number of allylic oxidation sites excluding steroid dienone is 5. The van der Waals surface area contributed by atoms with E-state index in [1.165, 1.54) is 62.0 Å². The lowest BCUT2D eigenvalue weighted by Gasteiger charge is -2.25. The van der Waals surface area contributed by atoms with Crippen LogP contribution in [0, 0.1) is 5.92 Å². The maximum absolute atomic E-state index is 3.93. The summed E-state index contributed by atoms with van der Waals surface area (Å²) in [6, 6.07) is 50.2. The molecule has 5 aromatic carbocycles. The van der Waals surface area contributed by atoms with Crippen LogP contribution in [0.25, 0.3) is 5.57 Å². The minimum Gasteiger partial charge on any atom is -0.306 e. The molecule has 2 heterocycles. The van der Waals surface area contributed by atoms with Crippen molar-refractivity contribution >= 4 is 34.0 Å². The van der Waals surface area contributed by atoms with Gasteiger partial charge in [0.15, 0.2) is 5.71 Å². The van der Waals surface area contributed by atoms with E-state index < -0.39 is 0 Å². The van der Waals surface area contributed by atoms with E-state index in [1.807, 2.05) is 0 Å². The molecule has 0 aromatic heterocycles. The molecule has 0 fully saturated rings. The quantitative estimate of drug-likeness (QED) is 0.133. The molecule has 49 heavy (non-hydrogen) atoms. The molecule has 0 saturated carbocycles. The van der Waals surface area contributed by atoms with Crippen LogP contribution in [0.3, 0.4) is 0 Å². The monoisotopic (exact) mass is 635 g/mol. The Morgan fingerprint density at radius 3 is 2.00 bits per heavy atom. The Labute approximate surface area is 291 Å². The minimum absolute atomic E-state index is 0.136. The third kappa shape index (κ3) is 5.25. The van der Waals surface area contributed by atoms with Gasteiger partial charge < -0.3 is 4.90 Å². The summed E-state index contributed by atoms with van der Waals surface area (Å²) in [4.78, 5) is 2.40. The molecule has 0 N–H and O–H groups in total. The number of anilines is 2. The van der Waals surface area contributed by atoms with Crippen molar-refractivity contribution in [1.29, 1.82) is 0 Å². The van der Waals surface area contributed by atoms with E-state index in [0.29, 0.717) is 0 Å². The first-order chi connectivity index (χ1) is 23.9. The molecule has 1 atom stereocenters. The van der Waals surface area contributed by atoms with Gasteiger partial charge in [0.1, 0.15) is 0 Å². The summed E-state index contributed by atoms with van der Waals surface area (Å²) >= 11 is 0. The lowest BCUT2D eigenvalue weighted by Crippen LogP contribution is -2.27. The van der Waals surface area contributed by atoms with Gasteiger partial charge in [-0.2, -0.15) is 4.58 Å². The van der Waals surface area contributed by atoms with Crippen LogP contribution in [0.1, 0.15) is 57.2 Å². The average Bonchev–Trinajstić information content (AvgIpc) is 3.72. The first kappa shape index (κ1) is 30.9. The molecule has 0 bridgehead atoms. The zero-order valence-corrected chi connectivity index (χ0v) is 28.9. The SMILES string of the molecule is CC1(C)C(=C=CC2CCC(/C=C/C3=[N+](c4ccccc4)c4ccccc4C3(C)C)=C2c2ccccc2)N(c2ccccc2)c2ccccc21. The summed E-state index contributed by atoms with van der Waals surface area (Å²) in [5.74, 6) is 0.260. The topological polar surface area (TPSA) is 6.25 Å². The lowest BCUT2D eigenvalue weighted by molar-refractivity contribution is 0.644. The minimum atomic E-state index is -0.179. The highest BCUT2D eigenvalue weighted by Gasteiger charge is 2.45. The number of fused-ring (bicyclic) bond motifs is 2. The molecular weight excluding hydrogens is 593 g/mol. The second kappa shape index (κ2) is 12.2. The molecular formula is C47H43N2+. The van der Waals surface area contributed by atoms with Gasteiger partial charge in [-0.1, -0.05) is 109 Å². The van der Waals surface area contributed by atoms with Gasteiger partial charge in [-0.25, -0.2) is 0 Å².